The van der Waals surface area contributed by atoms with Gasteiger partial charge in [-0.15, -0.1) is 10.2 Å². The summed E-state index contributed by atoms with van der Waals surface area (Å²) in [6, 6.07) is -0.811. The molecule has 0 saturated carbocycles. The Labute approximate surface area is 156 Å². The topological polar surface area (TPSA) is 92.3 Å². The minimum absolute atomic E-state index is 0.160. The van der Waals surface area contributed by atoms with Crippen molar-refractivity contribution in [3.8, 4) is 0 Å². The molecule has 0 aromatic carbocycles. The number of likely N-dealkylation sites (tertiary alicyclic amines) is 1. The zero-order chi connectivity index (χ0) is 18.8. The first-order valence-corrected chi connectivity index (χ1v) is 9.89. The first-order valence-electron chi connectivity index (χ1n) is 9.07. The standard InChI is InChI=1S/C18H24N4O3S/c1-4-14-20-21-18(26-14)19-15(23)13(9-10(2)3)22-16(24)11-7-5-6-8-12(11)17(22)25/h5-6,10-13H,4,7-9H2,1-3H3,(H,19,21,23). The van der Waals surface area contributed by atoms with Crippen molar-refractivity contribution in [1.29, 1.82) is 0 Å². The maximum Gasteiger partial charge on any atom is 0.249 e. The van der Waals surface area contributed by atoms with Crippen LogP contribution in [0.2, 0.25) is 0 Å². The third-order valence-corrected chi connectivity index (χ3v) is 5.83. The zero-order valence-electron chi connectivity index (χ0n) is 15.3. The monoisotopic (exact) mass is 376 g/mol. The molecular formula is C18H24N4O3S. The fraction of sp³-hybridized carbons (Fsp3) is 0.611. The molecule has 3 amide bonds. The highest BCUT2D eigenvalue weighted by Gasteiger charge is 2.51. The second kappa shape index (κ2) is 7.65. The van der Waals surface area contributed by atoms with Crippen molar-refractivity contribution in [2.75, 3.05) is 5.32 Å². The molecule has 1 aromatic heterocycles. The number of carbonyl (C=O) groups is 3. The summed E-state index contributed by atoms with van der Waals surface area (Å²) < 4.78 is 0. The maximum absolute atomic E-state index is 12.9. The van der Waals surface area contributed by atoms with Crippen LogP contribution in [0.5, 0.6) is 0 Å². The Bertz CT molecular complexity index is 717. The summed E-state index contributed by atoms with van der Waals surface area (Å²) in [4.78, 5) is 39.8. The van der Waals surface area contributed by atoms with Gasteiger partial charge < -0.3 is 0 Å². The molecule has 3 unspecified atom stereocenters. The molecule has 0 bridgehead atoms. The van der Waals surface area contributed by atoms with Crippen molar-refractivity contribution < 1.29 is 14.4 Å². The lowest BCUT2D eigenvalue weighted by molar-refractivity contribution is -0.147. The summed E-state index contributed by atoms with van der Waals surface area (Å²) in [7, 11) is 0. The maximum atomic E-state index is 12.9. The number of nitrogens with one attached hydrogen (secondary N) is 1. The van der Waals surface area contributed by atoms with E-state index < -0.39 is 6.04 Å². The molecule has 1 saturated heterocycles. The lowest BCUT2D eigenvalue weighted by Gasteiger charge is -2.26. The molecule has 3 rings (SSSR count). The molecule has 1 fully saturated rings. The average molecular weight is 376 g/mol. The van der Waals surface area contributed by atoms with Gasteiger partial charge in [-0.1, -0.05) is 44.3 Å². The molecule has 0 spiro atoms. The van der Waals surface area contributed by atoms with Crippen molar-refractivity contribution >= 4 is 34.2 Å². The third-order valence-electron chi connectivity index (χ3n) is 4.85. The molecule has 1 aliphatic carbocycles. The molecular weight excluding hydrogens is 352 g/mol. The fourth-order valence-corrected chi connectivity index (χ4v) is 4.23. The first kappa shape index (κ1) is 18.7. The summed E-state index contributed by atoms with van der Waals surface area (Å²) in [6.07, 6.45) is 6.19. The number of allylic oxidation sites excluding steroid dienone is 2. The smallest absolute Gasteiger partial charge is 0.249 e. The van der Waals surface area contributed by atoms with Crippen LogP contribution in [0, 0.1) is 17.8 Å². The summed E-state index contributed by atoms with van der Waals surface area (Å²) in [6.45, 7) is 5.91. The Hall–Kier alpha value is -2.09. The van der Waals surface area contributed by atoms with E-state index in [2.05, 4.69) is 15.5 Å². The Kier molecular flexibility index (Phi) is 5.50. The van der Waals surface area contributed by atoms with Crippen LogP contribution in [0.1, 0.15) is 45.0 Å². The van der Waals surface area contributed by atoms with Crippen molar-refractivity contribution in [2.45, 2.75) is 52.5 Å². The van der Waals surface area contributed by atoms with E-state index in [-0.39, 0.29) is 35.5 Å². The number of carbonyl (C=O) groups excluding carboxylic acids is 3. The molecule has 140 valence electrons. The first-order chi connectivity index (χ1) is 12.4. The number of anilines is 1. The summed E-state index contributed by atoms with van der Waals surface area (Å²) >= 11 is 1.31. The van der Waals surface area contributed by atoms with Crippen LogP contribution in [-0.4, -0.2) is 38.9 Å². The average Bonchev–Trinajstić information content (AvgIpc) is 3.16. The van der Waals surface area contributed by atoms with Gasteiger partial charge in [0.1, 0.15) is 11.0 Å². The van der Waals surface area contributed by atoms with E-state index in [1.807, 2.05) is 32.9 Å². The van der Waals surface area contributed by atoms with Crippen LogP contribution in [0.3, 0.4) is 0 Å². The molecule has 26 heavy (non-hydrogen) atoms. The summed E-state index contributed by atoms with van der Waals surface area (Å²) in [5.74, 6) is -1.32. The molecule has 1 aliphatic heterocycles. The van der Waals surface area contributed by atoms with Gasteiger partial charge in [-0.3, -0.25) is 24.6 Å². The predicted octanol–water partition coefficient (Wildman–Crippen LogP) is 2.40. The SMILES string of the molecule is CCc1nnc(NC(=O)C(CC(C)C)N2C(=O)C3CC=CCC3C2=O)s1. The number of fused-ring (bicyclic) bond motifs is 1. The normalized spacial score (nSPS) is 23.5. The van der Waals surface area contributed by atoms with E-state index in [9.17, 15) is 14.4 Å². The number of amides is 3. The van der Waals surface area contributed by atoms with Gasteiger partial charge in [-0.05, 0) is 31.6 Å². The predicted molar refractivity (Wildman–Crippen MR) is 98.4 cm³/mol. The fourth-order valence-electron chi connectivity index (χ4n) is 3.55. The lowest BCUT2D eigenvalue weighted by atomic mass is 9.85. The third kappa shape index (κ3) is 3.56. The molecule has 1 aromatic rings. The van der Waals surface area contributed by atoms with Crippen LogP contribution in [0.15, 0.2) is 12.2 Å². The van der Waals surface area contributed by atoms with Crippen LogP contribution < -0.4 is 5.32 Å². The lowest BCUT2D eigenvalue weighted by Crippen LogP contribution is -2.48. The van der Waals surface area contributed by atoms with Gasteiger partial charge in [0.05, 0.1) is 11.8 Å². The van der Waals surface area contributed by atoms with Gasteiger partial charge in [0.25, 0.3) is 0 Å². The van der Waals surface area contributed by atoms with E-state index >= 15 is 0 Å². The number of nitrogens with zero attached hydrogens (tertiary/aromatic N) is 3. The van der Waals surface area contributed by atoms with Gasteiger partial charge in [-0.25, -0.2) is 0 Å². The number of imide groups is 1. The molecule has 8 heteroatoms. The van der Waals surface area contributed by atoms with E-state index in [4.69, 9.17) is 0 Å². The molecule has 7 nitrogen and oxygen atoms in total. The van der Waals surface area contributed by atoms with Crippen LogP contribution in [-0.2, 0) is 20.8 Å². The number of aryl methyl sites for hydroxylation is 1. The van der Waals surface area contributed by atoms with E-state index in [0.717, 1.165) is 11.4 Å². The second-order valence-corrected chi connectivity index (χ2v) is 8.25. The Morgan fingerprint density at radius 3 is 2.35 bits per heavy atom. The van der Waals surface area contributed by atoms with Crippen molar-refractivity contribution in [3.63, 3.8) is 0 Å². The van der Waals surface area contributed by atoms with E-state index in [1.54, 1.807) is 0 Å². The zero-order valence-corrected chi connectivity index (χ0v) is 16.1. The number of hydrogen-bond acceptors (Lipinski definition) is 6. The van der Waals surface area contributed by atoms with Crippen LogP contribution in [0.4, 0.5) is 5.13 Å². The Morgan fingerprint density at radius 1 is 1.23 bits per heavy atom. The van der Waals surface area contributed by atoms with Crippen molar-refractivity contribution in [2.24, 2.45) is 17.8 Å². The highest BCUT2D eigenvalue weighted by molar-refractivity contribution is 7.15. The molecule has 0 radical (unpaired) electrons. The number of aromatic nitrogens is 2. The highest BCUT2D eigenvalue weighted by atomic mass is 32.1. The van der Waals surface area contributed by atoms with Crippen molar-refractivity contribution in [3.05, 3.63) is 17.2 Å². The highest BCUT2D eigenvalue weighted by Crippen LogP contribution is 2.37. The Balaban J connectivity index is 1.82. The minimum Gasteiger partial charge on any atom is -0.299 e. The van der Waals surface area contributed by atoms with E-state index in [0.29, 0.717) is 24.4 Å². The van der Waals surface area contributed by atoms with Gasteiger partial charge in [0.2, 0.25) is 22.9 Å². The number of hydrogen-bond donors (Lipinski definition) is 1. The molecule has 3 atom stereocenters. The Morgan fingerprint density at radius 2 is 1.85 bits per heavy atom. The summed E-state index contributed by atoms with van der Waals surface area (Å²) in [5.41, 5.74) is 0. The van der Waals surface area contributed by atoms with Crippen molar-refractivity contribution in [1.82, 2.24) is 15.1 Å². The largest absolute Gasteiger partial charge is 0.299 e. The molecule has 2 aliphatic rings. The van der Waals surface area contributed by atoms with Gasteiger partial charge >= 0.3 is 0 Å². The molecule has 2 heterocycles. The number of rotatable bonds is 6. The van der Waals surface area contributed by atoms with Crippen LogP contribution in [0.25, 0.3) is 0 Å². The van der Waals surface area contributed by atoms with Crippen LogP contribution >= 0.6 is 11.3 Å². The second-order valence-electron chi connectivity index (χ2n) is 7.19. The van der Waals surface area contributed by atoms with E-state index in [1.165, 1.54) is 16.2 Å². The van der Waals surface area contributed by atoms with Gasteiger partial charge in [0.15, 0.2) is 0 Å². The quantitative estimate of drug-likeness (QED) is 0.608. The molecule has 1 N–H and O–H groups in total. The summed E-state index contributed by atoms with van der Waals surface area (Å²) in [5, 5.41) is 11.9. The van der Waals surface area contributed by atoms with Gasteiger partial charge in [-0.2, -0.15) is 0 Å². The minimum atomic E-state index is -0.811. The van der Waals surface area contributed by atoms with Gasteiger partial charge in [0, 0.05) is 0 Å².